The molecule has 1 fully saturated rings. The highest BCUT2D eigenvalue weighted by Crippen LogP contribution is 2.34. The summed E-state index contributed by atoms with van der Waals surface area (Å²) in [7, 11) is 1.86. The van der Waals surface area contributed by atoms with E-state index in [1.165, 1.54) is 0 Å². The van der Waals surface area contributed by atoms with E-state index in [4.69, 9.17) is 10.00 Å². The lowest BCUT2D eigenvalue weighted by Crippen LogP contribution is -2.21. The summed E-state index contributed by atoms with van der Waals surface area (Å²) < 4.78 is 46.1. The summed E-state index contributed by atoms with van der Waals surface area (Å²) in [4.78, 5) is 7.84. The molecule has 2 atom stereocenters. The Hall–Kier alpha value is -2.60. The number of ether oxygens (including phenoxy) is 1. The van der Waals surface area contributed by atoms with E-state index in [-0.39, 0.29) is 23.4 Å². The van der Waals surface area contributed by atoms with Crippen LogP contribution in [-0.4, -0.2) is 27.7 Å². The minimum Gasteiger partial charge on any atom is -0.370 e. The monoisotopic (exact) mass is 351 g/mol. The predicted octanol–water partition coefficient (Wildman–Crippen LogP) is 2.90. The molecule has 1 N–H and O–H groups in total. The molecule has 3 rings (SSSR count). The molecular formula is C16H16F3N5O. The van der Waals surface area contributed by atoms with E-state index < -0.39 is 11.9 Å². The maximum Gasteiger partial charge on any atom is 0.433 e. The van der Waals surface area contributed by atoms with Crippen LogP contribution in [0.5, 0.6) is 0 Å². The maximum atomic E-state index is 12.8. The number of nitrogens with zero attached hydrogens (tertiary/aromatic N) is 4. The Bertz CT molecular complexity index is 796. The Morgan fingerprint density at radius 1 is 1.44 bits per heavy atom. The van der Waals surface area contributed by atoms with Gasteiger partial charge in [0, 0.05) is 38.5 Å². The van der Waals surface area contributed by atoms with Crippen LogP contribution in [0, 0.1) is 17.2 Å². The quantitative estimate of drug-likeness (QED) is 0.917. The fourth-order valence-electron chi connectivity index (χ4n) is 2.85. The van der Waals surface area contributed by atoms with Crippen LogP contribution < -0.4 is 5.32 Å². The van der Waals surface area contributed by atoms with Gasteiger partial charge in [0.05, 0.1) is 5.56 Å². The van der Waals surface area contributed by atoms with E-state index in [9.17, 15) is 13.2 Å². The van der Waals surface area contributed by atoms with Crippen molar-refractivity contribution < 1.29 is 17.9 Å². The minimum absolute atomic E-state index is 0.0176. The van der Waals surface area contributed by atoms with Gasteiger partial charge in [-0.2, -0.15) is 18.4 Å². The fraction of sp³-hybridized carbons (Fsp3) is 0.438. The summed E-state index contributed by atoms with van der Waals surface area (Å²) in [6.45, 7) is 0.880. The molecule has 132 valence electrons. The molecule has 2 aromatic rings. The van der Waals surface area contributed by atoms with Gasteiger partial charge in [-0.05, 0) is 18.6 Å². The number of hydrogen-bond acceptors (Lipinski definition) is 5. The highest BCUT2D eigenvalue weighted by Gasteiger charge is 2.34. The van der Waals surface area contributed by atoms with Crippen molar-refractivity contribution in [3.63, 3.8) is 0 Å². The third kappa shape index (κ3) is 3.58. The molecule has 3 heterocycles. The van der Waals surface area contributed by atoms with Gasteiger partial charge in [-0.15, -0.1) is 0 Å². The van der Waals surface area contributed by atoms with Crippen LogP contribution >= 0.6 is 0 Å². The number of nitrogens with one attached hydrogen (secondary N) is 1. The topological polar surface area (TPSA) is 75.8 Å². The number of imidazole rings is 1. The first-order valence-corrected chi connectivity index (χ1v) is 7.71. The van der Waals surface area contributed by atoms with Crippen molar-refractivity contribution in [1.82, 2.24) is 14.5 Å². The van der Waals surface area contributed by atoms with Crippen LogP contribution in [0.15, 0.2) is 24.5 Å². The summed E-state index contributed by atoms with van der Waals surface area (Å²) in [5.74, 6) is 0.716. The van der Waals surface area contributed by atoms with Crippen LogP contribution in [0.2, 0.25) is 0 Å². The molecule has 2 aromatic heterocycles. The predicted molar refractivity (Wildman–Crippen MR) is 82.5 cm³/mol. The maximum absolute atomic E-state index is 12.8. The number of anilines is 1. The van der Waals surface area contributed by atoms with Gasteiger partial charge in [-0.25, -0.2) is 9.97 Å². The molecule has 9 heteroatoms. The summed E-state index contributed by atoms with van der Waals surface area (Å²) in [6, 6.07) is 3.79. The molecule has 0 spiro atoms. The first-order valence-electron chi connectivity index (χ1n) is 7.71. The second-order valence-electron chi connectivity index (χ2n) is 5.82. The Morgan fingerprint density at radius 2 is 2.24 bits per heavy atom. The van der Waals surface area contributed by atoms with E-state index in [0.29, 0.717) is 13.2 Å². The van der Waals surface area contributed by atoms with Gasteiger partial charge < -0.3 is 14.6 Å². The van der Waals surface area contributed by atoms with Gasteiger partial charge in [-0.3, -0.25) is 0 Å². The first kappa shape index (κ1) is 17.2. The van der Waals surface area contributed by atoms with Gasteiger partial charge in [0.15, 0.2) is 0 Å². The van der Waals surface area contributed by atoms with Crippen molar-refractivity contribution in [1.29, 1.82) is 5.26 Å². The Morgan fingerprint density at radius 3 is 2.88 bits per heavy atom. The number of aromatic nitrogens is 3. The van der Waals surface area contributed by atoms with Gasteiger partial charge in [0.1, 0.15) is 29.5 Å². The van der Waals surface area contributed by atoms with E-state index in [0.717, 1.165) is 24.4 Å². The standard InChI is InChI=1S/C16H16F3N5O/c1-24-6-5-21-15(24)13-11(4-7-25-13)9-22-14-10(8-20)2-3-12(23-14)16(17,18)19/h2-3,5-6,11,13H,4,7,9H2,1H3,(H,22,23)/t11-,13+/m0/s1. The number of hydrogen-bond donors (Lipinski definition) is 1. The molecule has 25 heavy (non-hydrogen) atoms. The SMILES string of the molecule is Cn1ccnc1[C@@H]1OCC[C@H]1CNc1nc(C(F)(F)F)ccc1C#N. The lowest BCUT2D eigenvalue weighted by molar-refractivity contribution is -0.141. The molecule has 0 unspecified atom stereocenters. The van der Waals surface area contributed by atoms with Crippen molar-refractivity contribution in [2.75, 3.05) is 18.5 Å². The average molecular weight is 351 g/mol. The highest BCUT2D eigenvalue weighted by atomic mass is 19.4. The van der Waals surface area contributed by atoms with Crippen LogP contribution in [0.25, 0.3) is 0 Å². The van der Waals surface area contributed by atoms with E-state index in [2.05, 4.69) is 15.3 Å². The lowest BCUT2D eigenvalue weighted by Gasteiger charge is -2.19. The summed E-state index contributed by atoms with van der Waals surface area (Å²) >= 11 is 0. The molecule has 1 saturated heterocycles. The van der Waals surface area contributed by atoms with Crippen LogP contribution in [0.4, 0.5) is 19.0 Å². The normalized spacial score (nSPS) is 20.4. The van der Waals surface area contributed by atoms with Gasteiger partial charge >= 0.3 is 6.18 Å². The largest absolute Gasteiger partial charge is 0.433 e. The molecule has 0 aliphatic carbocycles. The van der Waals surface area contributed by atoms with E-state index in [1.54, 1.807) is 6.20 Å². The molecule has 6 nitrogen and oxygen atoms in total. The molecule has 0 bridgehead atoms. The Labute approximate surface area is 142 Å². The lowest BCUT2D eigenvalue weighted by atomic mass is 10.0. The van der Waals surface area contributed by atoms with Gasteiger partial charge in [0.2, 0.25) is 0 Å². The highest BCUT2D eigenvalue weighted by molar-refractivity contribution is 5.52. The minimum atomic E-state index is -4.56. The molecule has 1 aliphatic rings. The molecule has 0 saturated carbocycles. The molecule has 0 aromatic carbocycles. The number of aryl methyl sites for hydroxylation is 1. The number of nitriles is 1. The smallest absolute Gasteiger partial charge is 0.370 e. The summed E-state index contributed by atoms with van der Waals surface area (Å²) in [6.07, 6.45) is -0.585. The summed E-state index contributed by atoms with van der Waals surface area (Å²) in [5, 5.41) is 12.0. The third-order valence-corrected chi connectivity index (χ3v) is 4.16. The zero-order valence-electron chi connectivity index (χ0n) is 13.4. The zero-order valence-corrected chi connectivity index (χ0v) is 13.4. The number of alkyl halides is 3. The molecule has 1 aliphatic heterocycles. The number of rotatable bonds is 4. The number of halogens is 3. The van der Waals surface area contributed by atoms with E-state index in [1.807, 2.05) is 23.9 Å². The third-order valence-electron chi connectivity index (χ3n) is 4.16. The van der Waals surface area contributed by atoms with Crippen molar-refractivity contribution in [2.24, 2.45) is 13.0 Å². The molecule has 0 amide bonds. The second kappa shape index (κ2) is 6.72. The summed E-state index contributed by atoms with van der Waals surface area (Å²) in [5.41, 5.74) is -0.960. The second-order valence-corrected chi connectivity index (χ2v) is 5.82. The van der Waals surface area contributed by atoms with E-state index >= 15 is 0 Å². The van der Waals surface area contributed by atoms with Crippen molar-refractivity contribution in [3.8, 4) is 6.07 Å². The average Bonchev–Trinajstić information content (AvgIpc) is 3.19. The Kier molecular flexibility index (Phi) is 4.63. The fourth-order valence-corrected chi connectivity index (χ4v) is 2.85. The first-order chi connectivity index (χ1) is 11.9. The van der Waals surface area contributed by atoms with Crippen molar-refractivity contribution in [2.45, 2.75) is 18.7 Å². The van der Waals surface area contributed by atoms with Crippen LogP contribution in [0.3, 0.4) is 0 Å². The van der Waals surface area contributed by atoms with Crippen LogP contribution in [0.1, 0.15) is 29.6 Å². The zero-order chi connectivity index (χ0) is 18.0. The van der Waals surface area contributed by atoms with Crippen LogP contribution in [-0.2, 0) is 18.0 Å². The van der Waals surface area contributed by atoms with Crippen molar-refractivity contribution in [3.05, 3.63) is 41.6 Å². The van der Waals surface area contributed by atoms with Crippen molar-refractivity contribution >= 4 is 5.82 Å². The molecule has 0 radical (unpaired) electrons. The molecular weight excluding hydrogens is 335 g/mol. The Balaban J connectivity index is 1.77. The van der Waals surface area contributed by atoms with Gasteiger partial charge in [-0.1, -0.05) is 0 Å². The van der Waals surface area contributed by atoms with Gasteiger partial charge in [0.25, 0.3) is 0 Å². The number of pyridine rings is 1.